The first-order valence-electron chi connectivity index (χ1n) is 6.70. The number of nitrogens with zero attached hydrogens (tertiary/aromatic N) is 1. The molecule has 1 heterocycles. The average molecular weight is 329 g/mol. The number of ether oxygens (including phenoxy) is 1. The van der Waals surface area contributed by atoms with Gasteiger partial charge >= 0.3 is 12.3 Å². The number of imide groups is 1. The summed E-state index contributed by atoms with van der Waals surface area (Å²) in [5, 5.41) is 0.338. The van der Waals surface area contributed by atoms with Crippen LogP contribution in [0.4, 0.5) is 13.2 Å². The number of amides is 2. The van der Waals surface area contributed by atoms with Crippen LogP contribution in [0, 0.1) is 5.92 Å². The van der Waals surface area contributed by atoms with Gasteiger partial charge in [-0.2, -0.15) is 0 Å². The van der Waals surface area contributed by atoms with E-state index in [0.717, 1.165) is 0 Å². The van der Waals surface area contributed by atoms with E-state index in [4.69, 9.17) is 4.84 Å². The molecule has 2 aliphatic rings. The van der Waals surface area contributed by atoms with E-state index in [2.05, 4.69) is 4.74 Å². The van der Waals surface area contributed by atoms with Gasteiger partial charge in [0.1, 0.15) is 0 Å². The summed E-state index contributed by atoms with van der Waals surface area (Å²) in [7, 11) is 0. The molecule has 2 amide bonds. The van der Waals surface area contributed by atoms with Gasteiger partial charge in [-0.25, -0.2) is 4.79 Å². The maximum Gasteiger partial charge on any atom is 0.522 e. The molecular weight excluding hydrogens is 319 g/mol. The Labute approximate surface area is 127 Å². The van der Waals surface area contributed by atoms with Gasteiger partial charge in [0.2, 0.25) is 0 Å². The van der Waals surface area contributed by atoms with Crippen LogP contribution in [0.2, 0.25) is 0 Å². The minimum atomic E-state index is -4.76. The SMILES string of the molecule is O=C(ON1C(=O)c2ccccc2C1=O)C1CC(OC(F)(F)F)C1. The van der Waals surface area contributed by atoms with Crippen LogP contribution < -0.4 is 0 Å². The lowest BCUT2D eigenvalue weighted by atomic mass is 9.82. The molecule has 1 aromatic rings. The van der Waals surface area contributed by atoms with E-state index in [1.807, 2.05) is 0 Å². The van der Waals surface area contributed by atoms with Gasteiger partial charge in [0.15, 0.2) is 0 Å². The predicted octanol–water partition coefficient (Wildman–Crippen LogP) is 2.06. The first kappa shape index (κ1) is 15.5. The molecule has 0 aromatic heterocycles. The Kier molecular flexibility index (Phi) is 3.59. The van der Waals surface area contributed by atoms with Crippen LogP contribution in [0.3, 0.4) is 0 Å². The van der Waals surface area contributed by atoms with Crippen molar-refractivity contribution in [3.05, 3.63) is 35.4 Å². The second-order valence-electron chi connectivity index (χ2n) is 5.21. The summed E-state index contributed by atoms with van der Waals surface area (Å²) in [6.07, 6.45) is -6.24. The molecule has 0 bridgehead atoms. The molecular formula is C14H10F3NO5. The molecule has 0 spiro atoms. The number of alkyl halides is 3. The van der Waals surface area contributed by atoms with Crippen LogP contribution in [0.15, 0.2) is 24.3 Å². The second kappa shape index (κ2) is 5.34. The summed E-state index contributed by atoms with van der Waals surface area (Å²) in [6.45, 7) is 0. The minimum Gasteiger partial charge on any atom is -0.329 e. The Morgan fingerprint density at radius 1 is 1.09 bits per heavy atom. The van der Waals surface area contributed by atoms with E-state index in [-0.39, 0.29) is 24.0 Å². The Balaban J connectivity index is 1.58. The minimum absolute atomic E-state index is 0.109. The van der Waals surface area contributed by atoms with E-state index in [0.29, 0.717) is 5.06 Å². The zero-order valence-corrected chi connectivity index (χ0v) is 11.5. The van der Waals surface area contributed by atoms with Gasteiger partial charge < -0.3 is 4.84 Å². The highest BCUT2D eigenvalue weighted by Crippen LogP contribution is 2.36. The van der Waals surface area contributed by atoms with Crippen LogP contribution in [-0.4, -0.2) is 35.3 Å². The maximum atomic E-state index is 12.0. The molecule has 0 atom stereocenters. The fourth-order valence-corrected chi connectivity index (χ4v) is 2.46. The molecule has 1 aromatic carbocycles. The molecule has 0 N–H and O–H groups in total. The highest BCUT2D eigenvalue weighted by Gasteiger charge is 2.46. The van der Waals surface area contributed by atoms with Crippen molar-refractivity contribution in [3.63, 3.8) is 0 Å². The number of hydrogen-bond acceptors (Lipinski definition) is 5. The van der Waals surface area contributed by atoms with Crippen molar-refractivity contribution in [1.82, 2.24) is 5.06 Å². The quantitative estimate of drug-likeness (QED) is 0.794. The van der Waals surface area contributed by atoms with E-state index in [1.165, 1.54) is 12.1 Å². The van der Waals surface area contributed by atoms with Crippen molar-refractivity contribution < 1.29 is 37.1 Å². The molecule has 9 heteroatoms. The molecule has 6 nitrogen and oxygen atoms in total. The normalized spacial score (nSPS) is 23.5. The zero-order chi connectivity index (χ0) is 16.8. The zero-order valence-electron chi connectivity index (χ0n) is 11.5. The summed E-state index contributed by atoms with van der Waals surface area (Å²) in [5.74, 6) is -3.32. The van der Waals surface area contributed by atoms with Crippen molar-refractivity contribution >= 4 is 17.8 Å². The number of rotatable bonds is 3. The van der Waals surface area contributed by atoms with Gasteiger partial charge in [-0.15, -0.1) is 13.2 Å². The molecule has 1 aliphatic carbocycles. The third kappa shape index (κ3) is 2.91. The predicted molar refractivity (Wildman–Crippen MR) is 66.7 cm³/mol. The number of fused-ring (bicyclic) bond motifs is 1. The van der Waals surface area contributed by atoms with Crippen LogP contribution >= 0.6 is 0 Å². The first-order chi connectivity index (χ1) is 10.8. The van der Waals surface area contributed by atoms with Crippen LogP contribution in [0.5, 0.6) is 0 Å². The summed E-state index contributed by atoms with van der Waals surface area (Å²) < 4.78 is 39.8. The molecule has 122 valence electrons. The molecule has 1 fully saturated rings. The maximum absolute atomic E-state index is 12.0. The average Bonchev–Trinajstić information content (AvgIpc) is 2.67. The van der Waals surface area contributed by atoms with Crippen LogP contribution in [0.25, 0.3) is 0 Å². The number of hydroxylamine groups is 2. The van der Waals surface area contributed by atoms with Crippen molar-refractivity contribution in [1.29, 1.82) is 0 Å². The van der Waals surface area contributed by atoms with Crippen molar-refractivity contribution in [2.24, 2.45) is 5.92 Å². The highest BCUT2D eigenvalue weighted by atomic mass is 19.4. The first-order valence-corrected chi connectivity index (χ1v) is 6.70. The van der Waals surface area contributed by atoms with Crippen molar-refractivity contribution in [2.45, 2.75) is 25.3 Å². The van der Waals surface area contributed by atoms with Crippen LogP contribution in [-0.2, 0) is 14.4 Å². The molecule has 1 saturated carbocycles. The summed E-state index contributed by atoms with van der Waals surface area (Å²) in [4.78, 5) is 40.5. The smallest absolute Gasteiger partial charge is 0.329 e. The second-order valence-corrected chi connectivity index (χ2v) is 5.21. The Bertz CT molecular complexity index is 646. The number of carbonyl (C=O) groups excluding carboxylic acids is 3. The Morgan fingerprint density at radius 3 is 2.09 bits per heavy atom. The summed E-state index contributed by atoms with van der Waals surface area (Å²) >= 11 is 0. The topological polar surface area (TPSA) is 72.9 Å². The lowest BCUT2D eigenvalue weighted by molar-refractivity contribution is -0.354. The van der Waals surface area contributed by atoms with Gasteiger partial charge in [0, 0.05) is 0 Å². The standard InChI is InChI=1S/C14H10F3NO5/c15-14(16,17)22-8-5-7(6-8)13(21)23-18-11(19)9-3-1-2-4-10(9)12(18)20/h1-4,7-8H,5-6H2. The highest BCUT2D eigenvalue weighted by molar-refractivity contribution is 6.20. The Morgan fingerprint density at radius 2 is 1.61 bits per heavy atom. The van der Waals surface area contributed by atoms with Crippen LogP contribution in [0.1, 0.15) is 33.6 Å². The summed E-state index contributed by atoms with van der Waals surface area (Å²) in [5.41, 5.74) is 0.217. The van der Waals surface area contributed by atoms with Gasteiger partial charge in [-0.1, -0.05) is 17.2 Å². The van der Waals surface area contributed by atoms with Gasteiger partial charge in [0.05, 0.1) is 23.1 Å². The van der Waals surface area contributed by atoms with Gasteiger partial charge in [0.25, 0.3) is 11.8 Å². The molecule has 1 aliphatic heterocycles. The lowest BCUT2D eigenvalue weighted by Crippen LogP contribution is -2.43. The Hall–Kier alpha value is -2.42. The van der Waals surface area contributed by atoms with E-state index >= 15 is 0 Å². The van der Waals surface area contributed by atoms with Crippen molar-refractivity contribution in [2.75, 3.05) is 0 Å². The van der Waals surface area contributed by atoms with E-state index < -0.39 is 36.2 Å². The van der Waals surface area contributed by atoms with Crippen molar-refractivity contribution in [3.8, 4) is 0 Å². The molecule has 3 rings (SSSR count). The number of benzene rings is 1. The number of carbonyl (C=O) groups is 3. The van der Waals surface area contributed by atoms with Gasteiger partial charge in [-0.3, -0.25) is 14.3 Å². The fraction of sp³-hybridized carbons (Fsp3) is 0.357. The van der Waals surface area contributed by atoms with Gasteiger partial charge in [-0.05, 0) is 25.0 Å². The molecule has 0 radical (unpaired) electrons. The molecule has 23 heavy (non-hydrogen) atoms. The largest absolute Gasteiger partial charge is 0.522 e. The molecule has 0 saturated heterocycles. The molecule has 0 unspecified atom stereocenters. The third-order valence-electron chi connectivity index (χ3n) is 3.67. The monoisotopic (exact) mass is 329 g/mol. The third-order valence-corrected chi connectivity index (χ3v) is 3.67. The summed E-state index contributed by atoms with van der Waals surface area (Å²) in [6, 6.07) is 5.95. The fourth-order valence-electron chi connectivity index (χ4n) is 2.46. The van der Waals surface area contributed by atoms with E-state index in [1.54, 1.807) is 12.1 Å². The number of halogens is 3. The lowest BCUT2D eigenvalue weighted by Gasteiger charge is -2.33. The van der Waals surface area contributed by atoms with E-state index in [9.17, 15) is 27.6 Å². The number of hydrogen-bond donors (Lipinski definition) is 0.